The summed E-state index contributed by atoms with van der Waals surface area (Å²) in [6.07, 6.45) is 7.94. The minimum Gasteiger partial charge on any atom is -0.491 e. The van der Waals surface area contributed by atoms with E-state index in [4.69, 9.17) is 9.72 Å². The van der Waals surface area contributed by atoms with Crippen LogP contribution in [0.1, 0.15) is 63.1 Å². The summed E-state index contributed by atoms with van der Waals surface area (Å²) in [6.45, 7) is 11.3. The van der Waals surface area contributed by atoms with Gasteiger partial charge >= 0.3 is 0 Å². The first-order valence-corrected chi connectivity index (χ1v) is 15.3. The number of hydrogen-bond acceptors (Lipinski definition) is 7. The highest BCUT2D eigenvalue weighted by atomic mass is 32.2. The minimum absolute atomic E-state index is 0.0352. The van der Waals surface area contributed by atoms with Crippen molar-refractivity contribution in [2.75, 3.05) is 24.6 Å². The lowest BCUT2D eigenvalue weighted by Gasteiger charge is -2.33. The van der Waals surface area contributed by atoms with Crippen LogP contribution in [0.5, 0.6) is 5.75 Å². The Labute approximate surface area is 231 Å². The lowest BCUT2D eigenvalue weighted by molar-refractivity contribution is 0.310. The number of benzene rings is 1. The van der Waals surface area contributed by atoms with Crippen LogP contribution in [-0.2, 0) is 35.8 Å². The highest BCUT2D eigenvalue weighted by Gasteiger charge is 2.32. The summed E-state index contributed by atoms with van der Waals surface area (Å²) >= 11 is 0. The number of rotatable bonds is 2. The number of ether oxygens (including phenoxy) is 1. The molecule has 6 rings (SSSR count). The molecule has 8 nitrogen and oxygen atoms in total. The molecule has 0 radical (unpaired) electrons. The van der Waals surface area contributed by atoms with Crippen molar-refractivity contribution in [1.29, 1.82) is 0 Å². The molecule has 1 aromatic carbocycles. The average Bonchev–Trinajstić information content (AvgIpc) is 3.09. The van der Waals surface area contributed by atoms with Crippen molar-refractivity contribution in [3.63, 3.8) is 0 Å². The van der Waals surface area contributed by atoms with Gasteiger partial charge in [-0.1, -0.05) is 33.8 Å². The molecule has 9 heteroatoms. The van der Waals surface area contributed by atoms with E-state index < -0.39 is 10.0 Å². The molecule has 0 saturated carbocycles. The number of aryl methyl sites for hydroxylation is 1. The van der Waals surface area contributed by atoms with Crippen molar-refractivity contribution >= 4 is 15.8 Å². The van der Waals surface area contributed by atoms with Crippen molar-refractivity contribution in [2.24, 2.45) is 10.8 Å². The van der Waals surface area contributed by atoms with Crippen molar-refractivity contribution < 1.29 is 13.2 Å². The minimum atomic E-state index is -3.63. The highest BCUT2D eigenvalue weighted by molar-refractivity contribution is 7.89. The van der Waals surface area contributed by atoms with Gasteiger partial charge in [-0.2, -0.15) is 0 Å². The molecule has 0 spiro atoms. The third-order valence-corrected chi connectivity index (χ3v) is 9.86. The van der Waals surface area contributed by atoms with E-state index in [0.717, 1.165) is 66.2 Å². The van der Waals surface area contributed by atoms with Crippen molar-refractivity contribution in [3.8, 4) is 16.9 Å². The van der Waals surface area contributed by atoms with Crippen LogP contribution in [0.4, 0.5) is 5.82 Å². The molecule has 39 heavy (non-hydrogen) atoms. The Morgan fingerprint density at radius 2 is 1.77 bits per heavy atom. The van der Waals surface area contributed by atoms with Gasteiger partial charge in [-0.25, -0.2) is 23.1 Å². The SMILES string of the molecule is CC1(C)CCNS(=O)(=O)c2cc(-c3ccc4c(c3)CN(c3ncnc5c3CC(C)(C)CC5)CCO4)cnc2C1. The average molecular weight is 548 g/mol. The van der Waals surface area contributed by atoms with Gasteiger partial charge in [0.1, 0.15) is 29.4 Å². The highest BCUT2D eigenvalue weighted by Crippen LogP contribution is 2.39. The number of nitrogens with zero attached hydrogens (tertiary/aromatic N) is 4. The Bertz CT molecular complexity index is 1530. The summed E-state index contributed by atoms with van der Waals surface area (Å²) in [7, 11) is -3.63. The second kappa shape index (κ2) is 9.55. The maximum atomic E-state index is 13.1. The molecule has 206 valence electrons. The summed E-state index contributed by atoms with van der Waals surface area (Å²) in [6, 6.07) is 7.84. The maximum Gasteiger partial charge on any atom is 0.242 e. The van der Waals surface area contributed by atoms with Crippen LogP contribution in [0.15, 0.2) is 41.7 Å². The quantitative estimate of drug-likeness (QED) is 0.497. The molecule has 1 N–H and O–H groups in total. The van der Waals surface area contributed by atoms with E-state index in [1.54, 1.807) is 18.6 Å². The summed E-state index contributed by atoms with van der Waals surface area (Å²) in [5, 5.41) is 0. The van der Waals surface area contributed by atoms with Crippen LogP contribution in [-0.4, -0.2) is 43.1 Å². The summed E-state index contributed by atoms with van der Waals surface area (Å²) < 4.78 is 35.1. The third-order valence-electron chi connectivity index (χ3n) is 8.34. The van der Waals surface area contributed by atoms with Gasteiger partial charge < -0.3 is 9.64 Å². The van der Waals surface area contributed by atoms with Crippen LogP contribution >= 0.6 is 0 Å². The van der Waals surface area contributed by atoms with Crippen LogP contribution in [0, 0.1) is 10.8 Å². The molecule has 4 heterocycles. The first kappa shape index (κ1) is 26.2. The molecule has 3 aromatic rings. The van der Waals surface area contributed by atoms with Gasteiger partial charge in [0, 0.05) is 41.7 Å². The molecule has 2 aliphatic heterocycles. The first-order valence-electron chi connectivity index (χ1n) is 13.8. The smallest absolute Gasteiger partial charge is 0.242 e. The molecule has 0 fully saturated rings. The zero-order valence-corrected chi connectivity index (χ0v) is 24.1. The molecule has 0 saturated heterocycles. The molecule has 1 aliphatic carbocycles. The fraction of sp³-hybridized carbons (Fsp3) is 0.500. The van der Waals surface area contributed by atoms with Crippen LogP contribution in [0.3, 0.4) is 0 Å². The fourth-order valence-electron chi connectivity index (χ4n) is 6.02. The predicted octanol–water partition coefficient (Wildman–Crippen LogP) is 4.70. The number of hydrogen-bond donors (Lipinski definition) is 1. The first-order chi connectivity index (χ1) is 18.5. The van der Waals surface area contributed by atoms with Crippen molar-refractivity contribution in [1.82, 2.24) is 19.7 Å². The van der Waals surface area contributed by atoms with Gasteiger partial charge in [-0.3, -0.25) is 4.98 Å². The van der Waals surface area contributed by atoms with Gasteiger partial charge in [-0.15, -0.1) is 0 Å². The zero-order chi connectivity index (χ0) is 27.4. The number of aromatic nitrogens is 3. The topological polar surface area (TPSA) is 97.3 Å². The normalized spacial score (nSPS) is 21.3. The summed E-state index contributed by atoms with van der Waals surface area (Å²) in [4.78, 5) is 16.6. The van der Waals surface area contributed by atoms with E-state index >= 15 is 0 Å². The zero-order valence-electron chi connectivity index (χ0n) is 23.2. The predicted molar refractivity (Wildman–Crippen MR) is 151 cm³/mol. The van der Waals surface area contributed by atoms with Gasteiger partial charge in [0.2, 0.25) is 10.0 Å². The number of anilines is 1. The van der Waals surface area contributed by atoms with Gasteiger partial charge in [-0.05, 0) is 66.7 Å². The Morgan fingerprint density at radius 3 is 2.62 bits per heavy atom. The van der Waals surface area contributed by atoms with Crippen LogP contribution in [0.2, 0.25) is 0 Å². The Kier molecular flexibility index (Phi) is 6.42. The largest absolute Gasteiger partial charge is 0.491 e. The van der Waals surface area contributed by atoms with E-state index in [9.17, 15) is 8.42 Å². The van der Waals surface area contributed by atoms with Crippen LogP contribution in [0.25, 0.3) is 11.1 Å². The fourth-order valence-corrected chi connectivity index (χ4v) is 7.27. The van der Waals surface area contributed by atoms with E-state index in [-0.39, 0.29) is 15.7 Å². The Morgan fingerprint density at radius 1 is 0.949 bits per heavy atom. The summed E-state index contributed by atoms with van der Waals surface area (Å²) in [5.41, 5.74) is 5.95. The monoisotopic (exact) mass is 547 g/mol. The van der Waals surface area contributed by atoms with E-state index in [1.807, 2.05) is 12.1 Å². The molecule has 0 unspecified atom stereocenters. The third kappa shape index (κ3) is 5.26. The summed E-state index contributed by atoms with van der Waals surface area (Å²) in [5.74, 6) is 1.84. The van der Waals surface area contributed by atoms with Crippen LogP contribution < -0.4 is 14.4 Å². The standard InChI is InChI=1S/C30H37N5O3S/c1-29(2)8-7-24-23(15-29)28(33-19-32-24)35-11-12-38-26-6-5-20(13-22(26)18-35)21-14-27-25(31-17-21)16-30(3,4)9-10-34-39(27,36)37/h5-6,13-14,17,19,34H,7-12,15-16,18H2,1-4H3. The second-order valence-corrected chi connectivity index (χ2v) is 14.4. The van der Waals surface area contributed by atoms with E-state index in [2.05, 4.69) is 53.4 Å². The molecular weight excluding hydrogens is 510 g/mol. The van der Waals surface area contributed by atoms with Gasteiger partial charge in [0.15, 0.2) is 0 Å². The molecule has 0 amide bonds. The Hall–Kier alpha value is -3.04. The lowest BCUT2D eigenvalue weighted by atomic mass is 9.76. The van der Waals surface area contributed by atoms with Gasteiger partial charge in [0.05, 0.1) is 12.2 Å². The number of nitrogens with one attached hydrogen (secondary N) is 1. The van der Waals surface area contributed by atoms with E-state index in [0.29, 0.717) is 31.8 Å². The van der Waals surface area contributed by atoms with E-state index in [1.165, 1.54) is 5.56 Å². The molecule has 3 aliphatic rings. The molecule has 0 atom stereocenters. The maximum absolute atomic E-state index is 13.1. The van der Waals surface area contributed by atoms with Crippen molar-refractivity contribution in [2.45, 2.75) is 71.2 Å². The Balaban J connectivity index is 1.35. The van der Waals surface area contributed by atoms with Crippen molar-refractivity contribution in [3.05, 3.63) is 59.3 Å². The molecular formula is C30H37N5O3S. The molecule has 2 aromatic heterocycles. The number of sulfonamides is 1. The number of pyridine rings is 1. The second-order valence-electron chi connectivity index (χ2n) is 12.7. The van der Waals surface area contributed by atoms with Gasteiger partial charge in [0.25, 0.3) is 0 Å². The molecule has 0 bridgehead atoms. The lowest BCUT2D eigenvalue weighted by Crippen LogP contribution is -2.33. The number of fused-ring (bicyclic) bond motifs is 3.